The molecule has 94 valence electrons. The van der Waals surface area contributed by atoms with Gasteiger partial charge in [-0.05, 0) is 28.1 Å². The fraction of sp³-hybridized carbons (Fsp3) is 0.0833. The Labute approximate surface area is 113 Å². The standard InChI is InChI=1S/C12H6BrF3OS/c13-10-6-18-5-9(10)11(17)7-2-1-3-8(4-7)12(14,15)16/h1-6H. The highest BCUT2D eigenvalue weighted by atomic mass is 79.9. The normalized spacial score (nSPS) is 11.6. The first kappa shape index (κ1) is 13.3. The monoisotopic (exact) mass is 334 g/mol. The van der Waals surface area contributed by atoms with E-state index in [1.54, 1.807) is 10.8 Å². The third-order valence-corrected chi connectivity index (χ3v) is 4.01. The van der Waals surface area contributed by atoms with E-state index in [-0.39, 0.29) is 5.56 Å². The van der Waals surface area contributed by atoms with Crippen LogP contribution in [0.5, 0.6) is 0 Å². The van der Waals surface area contributed by atoms with Gasteiger partial charge in [-0.15, -0.1) is 0 Å². The summed E-state index contributed by atoms with van der Waals surface area (Å²) in [6, 6.07) is 4.42. The van der Waals surface area contributed by atoms with Crippen LogP contribution < -0.4 is 0 Å². The van der Waals surface area contributed by atoms with Gasteiger partial charge in [0.05, 0.1) is 5.56 Å². The van der Waals surface area contributed by atoms with Crippen LogP contribution in [0.25, 0.3) is 0 Å². The van der Waals surface area contributed by atoms with Gasteiger partial charge in [-0.25, -0.2) is 0 Å². The lowest BCUT2D eigenvalue weighted by atomic mass is 10.0. The van der Waals surface area contributed by atoms with Crippen molar-refractivity contribution in [3.05, 3.63) is 56.2 Å². The van der Waals surface area contributed by atoms with E-state index in [1.807, 2.05) is 0 Å². The lowest BCUT2D eigenvalue weighted by molar-refractivity contribution is -0.137. The average Bonchev–Trinajstić information content (AvgIpc) is 2.73. The molecule has 0 unspecified atom stereocenters. The average molecular weight is 335 g/mol. The first-order valence-electron chi connectivity index (χ1n) is 4.83. The summed E-state index contributed by atoms with van der Waals surface area (Å²) in [7, 11) is 0. The van der Waals surface area contributed by atoms with Gasteiger partial charge in [-0.2, -0.15) is 24.5 Å². The number of carbonyl (C=O) groups is 1. The largest absolute Gasteiger partial charge is 0.416 e. The SMILES string of the molecule is O=C(c1cccc(C(F)(F)F)c1)c1cscc1Br. The molecule has 2 aromatic rings. The van der Waals surface area contributed by atoms with Crippen LogP contribution >= 0.6 is 27.3 Å². The zero-order valence-corrected chi connectivity index (χ0v) is 11.2. The third-order valence-electron chi connectivity index (χ3n) is 2.31. The minimum absolute atomic E-state index is 0.0314. The topological polar surface area (TPSA) is 17.1 Å². The number of ketones is 1. The molecule has 0 fully saturated rings. The number of carbonyl (C=O) groups excluding carboxylic acids is 1. The van der Waals surface area contributed by atoms with E-state index in [2.05, 4.69) is 15.9 Å². The second-order valence-corrected chi connectivity index (χ2v) is 5.14. The molecule has 0 aliphatic heterocycles. The molecular formula is C12H6BrF3OS. The quantitative estimate of drug-likeness (QED) is 0.723. The molecule has 0 aliphatic carbocycles. The Balaban J connectivity index is 2.41. The second-order valence-electron chi connectivity index (χ2n) is 3.54. The van der Waals surface area contributed by atoms with Gasteiger partial charge in [0.25, 0.3) is 0 Å². The van der Waals surface area contributed by atoms with Crippen LogP contribution in [-0.2, 0) is 6.18 Å². The lowest BCUT2D eigenvalue weighted by Gasteiger charge is -2.07. The van der Waals surface area contributed by atoms with Crippen molar-refractivity contribution in [1.29, 1.82) is 0 Å². The molecule has 0 aliphatic rings. The Kier molecular flexibility index (Phi) is 3.59. The molecular weight excluding hydrogens is 329 g/mol. The minimum Gasteiger partial charge on any atom is -0.289 e. The van der Waals surface area contributed by atoms with E-state index in [9.17, 15) is 18.0 Å². The summed E-state index contributed by atoms with van der Waals surface area (Å²) in [6.07, 6.45) is -4.44. The number of rotatable bonds is 2. The van der Waals surface area contributed by atoms with Crippen molar-refractivity contribution in [3.8, 4) is 0 Å². The van der Waals surface area contributed by atoms with Crippen molar-refractivity contribution in [2.75, 3.05) is 0 Å². The van der Waals surface area contributed by atoms with Crippen LogP contribution in [0.4, 0.5) is 13.2 Å². The van der Waals surface area contributed by atoms with Crippen LogP contribution in [0.3, 0.4) is 0 Å². The molecule has 0 radical (unpaired) electrons. The number of hydrogen-bond donors (Lipinski definition) is 0. The van der Waals surface area contributed by atoms with E-state index in [1.165, 1.54) is 23.5 Å². The van der Waals surface area contributed by atoms with Gasteiger partial charge in [0.2, 0.25) is 0 Å². The first-order valence-corrected chi connectivity index (χ1v) is 6.57. The molecule has 6 heteroatoms. The van der Waals surface area contributed by atoms with Crippen LogP contribution in [0.15, 0.2) is 39.5 Å². The lowest BCUT2D eigenvalue weighted by Crippen LogP contribution is -2.07. The highest BCUT2D eigenvalue weighted by molar-refractivity contribution is 9.10. The smallest absolute Gasteiger partial charge is 0.289 e. The highest BCUT2D eigenvalue weighted by Crippen LogP contribution is 2.31. The molecule has 2 rings (SSSR count). The zero-order chi connectivity index (χ0) is 13.3. The highest BCUT2D eigenvalue weighted by Gasteiger charge is 2.31. The maximum Gasteiger partial charge on any atom is 0.416 e. The number of hydrogen-bond acceptors (Lipinski definition) is 2. The maximum atomic E-state index is 12.5. The van der Waals surface area contributed by atoms with E-state index in [0.29, 0.717) is 10.0 Å². The van der Waals surface area contributed by atoms with Crippen molar-refractivity contribution in [1.82, 2.24) is 0 Å². The van der Waals surface area contributed by atoms with Crippen LogP contribution in [0.2, 0.25) is 0 Å². The summed E-state index contributed by atoms with van der Waals surface area (Å²) in [6.45, 7) is 0. The predicted octanol–water partition coefficient (Wildman–Crippen LogP) is 4.76. The van der Waals surface area contributed by atoms with Crippen molar-refractivity contribution >= 4 is 33.0 Å². The Hall–Kier alpha value is -1.14. The molecule has 0 saturated heterocycles. The third kappa shape index (κ3) is 2.64. The fourth-order valence-corrected chi connectivity index (χ4v) is 2.89. The Morgan fingerprint density at radius 3 is 2.50 bits per heavy atom. The molecule has 18 heavy (non-hydrogen) atoms. The van der Waals surface area contributed by atoms with Crippen LogP contribution in [0, 0.1) is 0 Å². The zero-order valence-electron chi connectivity index (χ0n) is 8.79. The molecule has 0 N–H and O–H groups in total. The summed E-state index contributed by atoms with van der Waals surface area (Å²) < 4.78 is 38.2. The van der Waals surface area contributed by atoms with Gasteiger partial charge >= 0.3 is 6.18 Å². The van der Waals surface area contributed by atoms with Gasteiger partial charge in [0.1, 0.15) is 0 Å². The van der Waals surface area contributed by atoms with Gasteiger partial charge in [-0.3, -0.25) is 4.79 Å². The second kappa shape index (κ2) is 4.85. The summed E-state index contributed by atoms with van der Waals surface area (Å²) in [5.41, 5.74) is -0.414. The van der Waals surface area contributed by atoms with Crippen LogP contribution in [-0.4, -0.2) is 5.78 Å². The Morgan fingerprint density at radius 2 is 1.94 bits per heavy atom. The number of alkyl halides is 3. The molecule has 0 atom stereocenters. The Bertz CT molecular complexity index is 589. The van der Waals surface area contributed by atoms with Crippen molar-refractivity contribution in [2.24, 2.45) is 0 Å². The van der Waals surface area contributed by atoms with Crippen molar-refractivity contribution in [2.45, 2.75) is 6.18 Å². The van der Waals surface area contributed by atoms with Gasteiger partial charge < -0.3 is 0 Å². The summed E-state index contributed by atoms with van der Waals surface area (Å²) >= 11 is 4.50. The summed E-state index contributed by atoms with van der Waals surface area (Å²) in [5.74, 6) is -0.422. The van der Waals surface area contributed by atoms with E-state index >= 15 is 0 Å². The predicted molar refractivity (Wildman–Crippen MR) is 66.9 cm³/mol. The minimum atomic E-state index is -4.44. The number of thiophene rings is 1. The van der Waals surface area contributed by atoms with Gasteiger partial charge in [0, 0.05) is 26.4 Å². The molecule has 0 amide bonds. The molecule has 0 saturated carbocycles. The van der Waals surface area contributed by atoms with E-state index in [4.69, 9.17) is 0 Å². The Morgan fingerprint density at radius 1 is 1.22 bits per heavy atom. The summed E-state index contributed by atoms with van der Waals surface area (Å²) in [4.78, 5) is 12.0. The number of benzene rings is 1. The van der Waals surface area contributed by atoms with Crippen molar-refractivity contribution in [3.63, 3.8) is 0 Å². The molecule has 1 aromatic heterocycles. The molecule has 0 bridgehead atoms. The maximum absolute atomic E-state index is 12.5. The van der Waals surface area contributed by atoms with Gasteiger partial charge in [0.15, 0.2) is 5.78 Å². The van der Waals surface area contributed by atoms with Crippen LogP contribution in [0.1, 0.15) is 21.5 Å². The molecule has 1 heterocycles. The molecule has 0 spiro atoms. The summed E-state index contributed by atoms with van der Waals surface area (Å²) in [5, 5.41) is 3.31. The molecule has 1 aromatic carbocycles. The first-order chi connectivity index (χ1) is 8.39. The van der Waals surface area contributed by atoms with E-state index < -0.39 is 17.5 Å². The number of halogens is 4. The van der Waals surface area contributed by atoms with Crippen molar-refractivity contribution < 1.29 is 18.0 Å². The fourth-order valence-electron chi connectivity index (χ4n) is 1.44. The molecule has 1 nitrogen and oxygen atoms in total. The van der Waals surface area contributed by atoms with E-state index in [0.717, 1.165) is 12.1 Å². The van der Waals surface area contributed by atoms with Gasteiger partial charge in [-0.1, -0.05) is 12.1 Å².